The summed E-state index contributed by atoms with van der Waals surface area (Å²) in [4.78, 5) is 58.9. The minimum atomic E-state index is -5.17. The number of nitrogens with zero attached hydrogens (tertiary/aromatic N) is 4. The summed E-state index contributed by atoms with van der Waals surface area (Å²) >= 11 is 6.58. The third-order valence-corrected chi connectivity index (χ3v) is 8.32. The van der Waals surface area contributed by atoms with Crippen molar-refractivity contribution in [3.63, 3.8) is 0 Å². The van der Waals surface area contributed by atoms with Crippen molar-refractivity contribution in [2.24, 2.45) is 5.92 Å². The molecule has 1 saturated heterocycles. The number of pyridine rings is 1. The molecular formula is C26H19ClF6N6O4S. The third-order valence-electron chi connectivity index (χ3n) is 6.83. The lowest BCUT2D eigenvalue weighted by Gasteiger charge is -2.28. The smallest absolute Gasteiger partial charge is 0.350 e. The van der Waals surface area contributed by atoms with Crippen LogP contribution in [0, 0.1) is 5.92 Å². The Labute approximate surface area is 253 Å². The molecule has 2 aromatic heterocycles. The van der Waals surface area contributed by atoms with Crippen molar-refractivity contribution in [2.45, 2.75) is 24.8 Å². The molecule has 4 heterocycles. The van der Waals surface area contributed by atoms with E-state index in [-0.39, 0.29) is 39.7 Å². The Kier molecular flexibility index (Phi) is 8.28. The molecule has 1 fully saturated rings. The number of nitrogens with one attached hydrogen (secondary N) is 2. The van der Waals surface area contributed by atoms with Crippen molar-refractivity contribution < 1.29 is 45.5 Å². The molecule has 2 aliphatic heterocycles. The first kappa shape index (κ1) is 31.2. The number of carbonyl (C=O) groups is 4. The van der Waals surface area contributed by atoms with Crippen molar-refractivity contribution in [3.8, 4) is 10.6 Å². The van der Waals surface area contributed by atoms with E-state index in [0.29, 0.717) is 23.8 Å². The molecule has 18 heteroatoms. The topological polar surface area (TPSA) is 125 Å². The number of hydrazine groups is 1. The summed E-state index contributed by atoms with van der Waals surface area (Å²) < 4.78 is 80.6. The van der Waals surface area contributed by atoms with Gasteiger partial charge in [0.1, 0.15) is 21.6 Å². The van der Waals surface area contributed by atoms with Crippen molar-refractivity contribution >= 4 is 46.6 Å². The molecule has 0 radical (unpaired) electrons. The zero-order chi connectivity index (χ0) is 32.0. The lowest BCUT2D eigenvalue weighted by Crippen LogP contribution is -2.51. The van der Waals surface area contributed by atoms with Gasteiger partial charge in [0.05, 0.1) is 0 Å². The third kappa shape index (κ3) is 6.06. The first-order chi connectivity index (χ1) is 20.7. The molecule has 3 aromatic rings. The van der Waals surface area contributed by atoms with Crippen LogP contribution in [0.15, 0.2) is 42.6 Å². The van der Waals surface area contributed by atoms with Gasteiger partial charge < -0.3 is 10.6 Å². The highest BCUT2D eigenvalue weighted by atomic mass is 35.5. The maximum Gasteiger partial charge on any atom is 0.433 e. The molecule has 0 bridgehead atoms. The van der Waals surface area contributed by atoms with Gasteiger partial charge in [0, 0.05) is 37.0 Å². The summed E-state index contributed by atoms with van der Waals surface area (Å²) in [6, 6.07) is 5.87. The van der Waals surface area contributed by atoms with Crippen LogP contribution in [0.1, 0.15) is 43.7 Å². The van der Waals surface area contributed by atoms with Gasteiger partial charge in [0.15, 0.2) is 11.1 Å². The van der Waals surface area contributed by atoms with E-state index in [0.717, 1.165) is 17.3 Å². The minimum absolute atomic E-state index is 0.0249. The summed E-state index contributed by atoms with van der Waals surface area (Å²) in [5.41, 5.74) is -1.03. The highest BCUT2D eigenvalue weighted by Gasteiger charge is 2.48. The Hall–Kier alpha value is -4.25. The Morgan fingerprint density at radius 2 is 1.75 bits per heavy atom. The number of carbonyl (C=O) groups excluding carboxylic acids is 4. The average molecular weight is 661 g/mol. The molecule has 1 unspecified atom stereocenters. The summed E-state index contributed by atoms with van der Waals surface area (Å²) in [5.74, 6) is -6.89. The van der Waals surface area contributed by atoms with E-state index in [4.69, 9.17) is 11.6 Å². The number of aromatic nitrogens is 2. The van der Waals surface area contributed by atoms with Crippen LogP contribution >= 0.6 is 22.9 Å². The number of fused-ring (bicyclic) bond motifs is 2. The van der Waals surface area contributed by atoms with E-state index < -0.39 is 65.3 Å². The van der Waals surface area contributed by atoms with Gasteiger partial charge in [0.25, 0.3) is 17.7 Å². The van der Waals surface area contributed by atoms with Gasteiger partial charge in [-0.2, -0.15) is 26.3 Å². The zero-order valence-corrected chi connectivity index (χ0v) is 23.6. The van der Waals surface area contributed by atoms with E-state index in [1.54, 1.807) is 0 Å². The average Bonchev–Trinajstić information content (AvgIpc) is 3.60. The second-order valence-electron chi connectivity index (χ2n) is 9.65. The molecule has 1 aromatic carbocycles. The predicted molar refractivity (Wildman–Crippen MR) is 142 cm³/mol. The standard InChI is InChI=1S/C26H19ClF6N6O4S/c27-19-18(44-22(37-19)12-6-7-16(34-10-12)26(31,32)33)21(41)35-11-15(25(28,29)30)20(40)36-17-13-4-1-2-5-14(13)23(42)38-8-3-9-39(38)24(17)43/h1-2,4-7,10,15,17H,3,8-9,11H2,(H,35,41)(H,36,40)/t15?,17-/m0/s1. The van der Waals surface area contributed by atoms with E-state index in [2.05, 4.69) is 15.3 Å². The van der Waals surface area contributed by atoms with E-state index in [1.165, 1.54) is 29.3 Å². The Morgan fingerprint density at radius 1 is 1.05 bits per heavy atom. The number of thiazole rings is 1. The summed E-state index contributed by atoms with van der Waals surface area (Å²) in [6.45, 7) is -0.908. The Balaban J connectivity index is 1.33. The molecule has 2 aliphatic rings. The maximum atomic E-state index is 14.1. The highest BCUT2D eigenvalue weighted by molar-refractivity contribution is 7.17. The lowest BCUT2D eigenvalue weighted by atomic mass is 9.98. The number of halogens is 7. The molecule has 4 amide bonds. The molecule has 2 N–H and O–H groups in total. The largest absolute Gasteiger partial charge is 0.433 e. The van der Waals surface area contributed by atoms with Gasteiger partial charge in [0.2, 0.25) is 5.91 Å². The fraction of sp³-hybridized carbons (Fsp3) is 0.308. The van der Waals surface area contributed by atoms with E-state index in [1.807, 2.05) is 5.32 Å². The normalized spacial score (nSPS) is 17.6. The van der Waals surface area contributed by atoms with Gasteiger partial charge in [-0.1, -0.05) is 29.8 Å². The van der Waals surface area contributed by atoms with Gasteiger partial charge in [-0.25, -0.2) is 15.0 Å². The van der Waals surface area contributed by atoms with Gasteiger partial charge >= 0.3 is 12.4 Å². The van der Waals surface area contributed by atoms with Crippen LogP contribution in [0.3, 0.4) is 0 Å². The number of hydrogen-bond donors (Lipinski definition) is 2. The molecule has 0 saturated carbocycles. The van der Waals surface area contributed by atoms with Gasteiger partial charge in [-0.05, 0) is 30.2 Å². The first-order valence-electron chi connectivity index (χ1n) is 12.7. The number of benzene rings is 1. The molecule has 0 spiro atoms. The number of rotatable bonds is 6. The minimum Gasteiger partial charge on any atom is -0.350 e. The van der Waals surface area contributed by atoms with Gasteiger partial charge in [-0.15, -0.1) is 11.3 Å². The Bertz CT molecular complexity index is 1630. The molecule has 0 aliphatic carbocycles. The Morgan fingerprint density at radius 3 is 2.41 bits per heavy atom. The molecule has 44 heavy (non-hydrogen) atoms. The molecule has 10 nitrogen and oxygen atoms in total. The second-order valence-corrected chi connectivity index (χ2v) is 11.0. The van der Waals surface area contributed by atoms with Crippen LogP contribution in [-0.4, -0.2) is 69.4 Å². The summed E-state index contributed by atoms with van der Waals surface area (Å²) in [5, 5.41) is 5.92. The van der Waals surface area contributed by atoms with Crippen molar-refractivity contribution in [3.05, 3.63) is 69.4 Å². The van der Waals surface area contributed by atoms with E-state index >= 15 is 0 Å². The van der Waals surface area contributed by atoms with Crippen LogP contribution in [-0.2, 0) is 15.8 Å². The monoisotopic (exact) mass is 660 g/mol. The quantitative estimate of drug-likeness (QED) is 0.381. The van der Waals surface area contributed by atoms with Crippen molar-refractivity contribution in [2.75, 3.05) is 19.6 Å². The van der Waals surface area contributed by atoms with Crippen LogP contribution in [0.25, 0.3) is 10.6 Å². The summed E-state index contributed by atoms with van der Waals surface area (Å²) in [6.07, 6.45) is -8.57. The first-order valence-corrected chi connectivity index (χ1v) is 13.9. The van der Waals surface area contributed by atoms with Crippen molar-refractivity contribution in [1.29, 1.82) is 0 Å². The summed E-state index contributed by atoms with van der Waals surface area (Å²) in [7, 11) is 0. The van der Waals surface area contributed by atoms with Crippen LogP contribution in [0.4, 0.5) is 26.3 Å². The van der Waals surface area contributed by atoms with Crippen LogP contribution < -0.4 is 10.6 Å². The lowest BCUT2D eigenvalue weighted by molar-refractivity contribution is -0.182. The molecule has 232 valence electrons. The van der Waals surface area contributed by atoms with Crippen molar-refractivity contribution in [1.82, 2.24) is 30.6 Å². The second kappa shape index (κ2) is 11.7. The number of amides is 4. The van der Waals surface area contributed by atoms with Gasteiger partial charge in [-0.3, -0.25) is 24.2 Å². The fourth-order valence-electron chi connectivity index (χ4n) is 4.68. The molecule has 5 rings (SSSR count). The van der Waals surface area contributed by atoms with E-state index in [9.17, 15) is 45.5 Å². The fourth-order valence-corrected chi connectivity index (χ4v) is 5.88. The molecular weight excluding hydrogens is 642 g/mol. The maximum absolute atomic E-state index is 14.1. The number of alkyl halides is 6. The molecule has 2 atom stereocenters. The zero-order valence-electron chi connectivity index (χ0n) is 22.0. The SMILES string of the molecule is O=C(NCC(C(=O)N[C@@H]1C(=O)N2CCCN2C(=O)c2ccccc21)C(F)(F)F)c1sc(-c2ccc(C(F)(F)F)nc2)nc1Cl. The van der Waals surface area contributed by atoms with Crippen LogP contribution in [0.5, 0.6) is 0 Å². The number of hydrogen-bond acceptors (Lipinski definition) is 7. The highest BCUT2D eigenvalue weighted by Crippen LogP contribution is 2.34. The van der Waals surface area contributed by atoms with Crippen LogP contribution in [0.2, 0.25) is 5.15 Å². The predicted octanol–water partition coefficient (Wildman–Crippen LogP) is 4.25.